The fraction of sp³-hybridized carbons (Fsp3) is 0.294. The molecule has 19 heavy (non-hydrogen) atoms. The number of nitrogens with zero attached hydrogens (tertiary/aromatic N) is 1. The van der Waals surface area contributed by atoms with Crippen LogP contribution < -0.4 is 0 Å². The van der Waals surface area contributed by atoms with Crippen LogP contribution in [0.3, 0.4) is 0 Å². The number of hydrogen-bond donors (Lipinski definition) is 0. The number of hydrogen-bond acceptors (Lipinski definition) is 2. The predicted octanol–water partition coefficient (Wildman–Crippen LogP) is 4.69. The maximum Gasteiger partial charge on any atom is 0.138 e. The topological polar surface area (TPSA) is 29.4 Å². The number of rotatable bonds is 5. The van der Waals surface area contributed by atoms with Crippen molar-refractivity contribution >= 4 is 28.0 Å². The standard InChI is InChI=1S/C17H19NO/c1-3-14(12-15(19)4-2)18-17-11-7-9-13-8-5-6-10-16(13)17/h5-11H,3-4,12H2,1-2H3. The number of carbonyl (C=O) groups is 1. The lowest BCUT2D eigenvalue weighted by Gasteiger charge is -2.05. The highest BCUT2D eigenvalue weighted by atomic mass is 16.1. The molecule has 0 aliphatic heterocycles. The number of carbonyl (C=O) groups excluding carboxylic acids is 1. The van der Waals surface area contributed by atoms with Gasteiger partial charge in [0.15, 0.2) is 0 Å². The second-order valence-electron chi connectivity index (χ2n) is 4.60. The van der Waals surface area contributed by atoms with Crippen molar-refractivity contribution in [1.82, 2.24) is 0 Å². The molecule has 2 nitrogen and oxygen atoms in total. The minimum Gasteiger partial charge on any atom is -0.299 e. The van der Waals surface area contributed by atoms with E-state index in [2.05, 4.69) is 23.2 Å². The van der Waals surface area contributed by atoms with E-state index < -0.39 is 0 Å². The molecule has 2 rings (SSSR count). The van der Waals surface area contributed by atoms with Crippen LogP contribution in [-0.2, 0) is 4.79 Å². The van der Waals surface area contributed by atoms with Crippen LogP contribution in [0.2, 0.25) is 0 Å². The largest absolute Gasteiger partial charge is 0.299 e. The molecule has 0 saturated carbocycles. The van der Waals surface area contributed by atoms with Gasteiger partial charge < -0.3 is 0 Å². The summed E-state index contributed by atoms with van der Waals surface area (Å²) in [5, 5.41) is 2.32. The van der Waals surface area contributed by atoms with E-state index in [1.807, 2.05) is 38.1 Å². The molecule has 0 radical (unpaired) electrons. The van der Waals surface area contributed by atoms with E-state index in [1.54, 1.807) is 0 Å². The van der Waals surface area contributed by atoms with Gasteiger partial charge in [0, 0.05) is 23.9 Å². The van der Waals surface area contributed by atoms with Crippen LogP contribution in [-0.4, -0.2) is 11.5 Å². The van der Waals surface area contributed by atoms with Crippen LogP contribution in [0.1, 0.15) is 33.1 Å². The molecule has 0 heterocycles. The highest BCUT2D eigenvalue weighted by Crippen LogP contribution is 2.26. The number of ketones is 1. The third-order valence-electron chi connectivity index (χ3n) is 3.25. The summed E-state index contributed by atoms with van der Waals surface area (Å²) in [5.74, 6) is 0.251. The maximum absolute atomic E-state index is 11.6. The third kappa shape index (κ3) is 3.28. The molecule has 0 amide bonds. The van der Waals surface area contributed by atoms with E-state index in [1.165, 1.54) is 5.39 Å². The molecule has 0 spiro atoms. The fourth-order valence-electron chi connectivity index (χ4n) is 2.07. The molecule has 0 aliphatic rings. The molecule has 0 unspecified atom stereocenters. The normalized spacial score (nSPS) is 11.8. The first-order valence-electron chi connectivity index (χ1n) is 6.80. The van der Waals surface area contributed by atoms with E-state index in [0.717, 1.165) is 23.2 Å². The van der Waals surface area contributed by atoms with Crippen LogP contribution in [0, 0.1) is 0 Å². The Labute approximate surface area is 114 Å². The van der Waals surface area contributed by atoms with Crippen LogP contribution in [0.25, 0.3) is 10.8 Å². The Hall–Kier alpha value is -1.96. The van der Waals surface area contributed by atoms with Gasteiger partial charge in [-0.25, -0.2) is 0 Å². The minimum absolute atomic E-state index is 0.251. The van der Waals surface area contributed by atoms with Crippen molar-refractivity contribution in [3.63, 3.8) is 0 Å². The fourth-order valence-corrected chi connectivity index (χ4v) is 2.07. The van der Waals surface area contributed by atoms with Gasteiger partial charge in [0.2, 0.25) is 0 Å². The first-order valence-corrected chi connectivity index (χ1v) is 6.80. The van der Waals surface area contributed by atoms with Crippen LogP contribution in [0.5, 0.6) is 0 Å². The Morgan fingerprint density at radius 3 is 2.47 bits per heavy atom. The molecule has 98 valence electrons. The summed E-state index contributed by atoms with van der Waals surface area (Å²) in [5.41, 5.74) is 1.92. The van der Waals surface area contributed by atoms with Gasteiger partial charge in [-0.3, -0.25) is 9.79 Å². The minimum atomic E-state index is 0.251. The lowest BCUT2D eigenvalue weighted by atomic mass is 10.1. The Morgan fingerprint density at radius 2 is 1.74 bits per heavy atom. The zero-order valence-corrected chi connectivity index (χ0v) is 11.5. The Morgan fingerprint density at radius 1 is 1.00 bits per heavy atom. The van der Waals surface area contributed by atoms with Crippen LogP contribution in [0.15, 0.2) is 47.5 Å². The summed E-state index contributed by atoms with van der Waals surface area (Å²) in [6, 6.07) is 14.3. The molecule has 0 saturated heterocycles. The molecule has 0 atom stereocenters. The van der Waals surface area contributed by atoms with Crippen molar-refractivity contribution in [2.24, 2.45) is 4.99 Å². The first-order chi connectivity index (χ1) is 9.24. The Kier molecular flexibility index (Phi) is 4.45. The average Bonchev–Trinajstić information content (AvgIpc) is 2.46. The van der Waals surface area contributed by atoms with Gasteiger partial charge in [-0.15, -0.1) is 0 Å². The Bertz CT molecular complexity index is 608. The lowest BCUT2D eigenvalue weighted by Crippen LogP contribution is -2.05. The summed E-state index contributed by atoms with van der Waals surface area (Å²) >= 11 is 0. The van der Waals surface area contributed by atoms with Gasteiger partial charge in [0.1, 0.15) is 5.78 Å². The van der Waals surface area contributed by atoms with E-state index in [9.17, 15) is 4.79 Å². The number of fused-ring (bicyclic) bond motifs is 1. The van der Waals surface area contributed by atoms with Crippen molar-refractivity contribution in [3.8, 4) is 0 Å². The number of aliphatic imine (C=N–C) groups is 1. The highest BCUT2D eigenvalue weighted by molar-refractivity contribution is 6.04. The third-order valence-corrected chi connectivity index (χ3v) is 3.25. The van der Waals surface area contributed by atoms with Gasteiger partial charge in [0.05, 0.1) is 5.69 Å². The summed E-state index contributed by atoms with van der Waals surface area (Å²) in [6.07, 6.45) is 1.86. The lowest BCUT2D eigenvalue weighted by molar-refractivity contribution is -0.117. The first kappa shape index (κ1) is 13.5. The van der Waals surface area contributed by atoms with Crippen molar-refractivity contribution in [2.75, 3.05) is 0 Å². The average molecular weight is 253 g/mol. The number of Topliss-reactive ketones (excluding diaryl/α,β-unsaturated/α-hetero) is 1. The summed E-state index contributed by atoms with van der Waals surface area (Å²) in [4.78, 5) is 16.2. The van der Waals surface area contributed by atoms with Gasteiger partial charge >= 0.3 is 0 Å². The van der Waals surface area contributed by atoms with Gasteiger partial charge in [0.25, 0.3) is 0 Å². The zero-order valence-electron chi connectivity index (χ0n) is 11.5. The molecule has 0 bridgehead atoms. The van der Waals surface area contributed by atoms with E-state index in [4.69, 9.17) is 0 Å². The van der Waals surface area contributed by atoms with Crippen LogP contribution >= 0.6 is 0 Å². The summed E-state index contributed by atoms with van der Waals surface area (Å²) in [6.45, 7) is 3.94. The molecule has 2 aromatic rings. The van der Waals surface area contributed by atoms with E-state index >= 15 is 0 Å². The van der Waals surface area contributed by atoms with Gasteiger partial charge in [-0.05, 0) is 17.9 Å². The van der Waals surface area contributed by atoms with Crippen molar-refractivity contribution in [3.05, 3.63) is 42.5 Å². The molecule has 0 aromatic heterocycles. The second-order valence-corrected chi connectivity index (χ2v) is 4.60. The smallest absolute Gasteiger partial charge is 0.138 e. The SMILES string of the molecule is CCC(=O)CC(CC)=Nc1cccc2ccccc12. The molecule has 0 fully saturated rings. The highest BCUT2D eigenvalue weighted by Gasteiger charge is 2.05. The summed E-state index contributed by atoms with van der Waals surface area (Å²) < 4.78 is 0. The molecular weight excluding hydrogens is 234 g/mol. The summed E-state index contributed by atoms with van der Waals surface area (Å²) in [7, 11) is 0. The second kappa shape index (κ2) is 6.28. The van der Waals surface area contributed by atoms with Gasteiger partial charge in [-0.2, -0.15) is 0 Å². The van der Waals surface area contributed by atoms with Gasteiger partial charge in [-0.1, -0.05) is 50.2 Å². The molecule has 2 aromatic carbocycles. The van der Waals surface area contributed by atoms with E-state index in [-0.39, 0.29) is 5.78 Å². The molecule has 0 aliphatic carbocycles. The quantitative estimate of drug-likeness (QED) is 0.711. The maximum atomic E-state index is 11.6. The Balaban J connectivity index is 2.40. The number of benzene rings is 2. The van der Waals surface area contributed by atoms with Crippen molar-refractivity contribution in [1.29, 1.82) is 0 Å². The molecular formula is C17H19NO. The van der Waals surface area contributed by atoms with E-state index in [0.29, 0.717) is 12.8 Å². The zero-order chi connectivity index (χ0) is 13.7. The monoisotopic (exact) mass is 253 g/mol. The molecule has 0 N–H and O–H groups in total. The van der Waals surface area contributed by atoms with Crippen molar-refractivity contribution in [2.45, 2.75) is 33.1 Å². The predicted molar refractivity (Wildman–Crippen MR) is 81.2 cm³/mol. The van der Waals surface area contributed by atoms with Crippen LogP contribution in [0.4, 0.5) is 5.69 Å². The van der Waals surface area contributed by atoms with Crippen molar-refractivity contribution < 1.29 is 4.79 Å². The molecule has 2 heteroatoms.